The van der Waals surface area contributed by atoms with Gasteiger partial charge in [-0.25, -0.2) is 0 Å². The van der Waals surface area contributed by atoms with Crippen molar-refractivity contribution in [1.82, 2.24) is 0 Å². The van der Waals surface area contributed by atoms with Crippen LogP contribution < -0.4 is 4.74 Å². The van der Waals surface area contributed by atoms with Crippen molar-refractivity contribution >= 4 is 0 Å². The molecule has 2 heteroatoms. The lowest BCUT2D eigenvalue weighted by Crippen LogP contribution is -1.96. The molecular formula is C21H20O2. The average Bonchev–Trinajstić information content (AvgIpc) is 2.60. The second-order valence-corrected chi connectivity index (χ2v) is 5.62. The van der Waals surface area contributed by atoms with Gasteiger partial charge in [-0.15, -0.1) is 0 Å². The molecular weight excluding hydrogens is 284 g/mol. The Bertz CT molecular complexity index is 779. The maximum Gasteiger partial charge on any atom is 0.120 e. The molecule has 0 spiro atoms. The number of hydrogen-bond acceptors (Lipinski definition) is 2. The van der Waals surface area contributed by atoms with Gasteiger partial charge < -0.3 is 9.84 Å². The Morgan fingerprint density at radius 2 is 1.61 bits per heavy atom. The zero-order valence-corrected chi connectivity index (χ0v) is 13.2. The summed E-state index contributed by atoms with van der Waals surface area (Å²) in [6.45, 7) is 2.64. The Morgan fingerprint density at radius 3 is 2.39 bits per heavy atom. The summed E-state index contributed by atoms with van der Waals surface area (Å²) in [5.41, 5.74) is 5.32. The van der Waals surface area contributed by atoms with Crippen LogP contribution in [0.1, 0.15) is 16.7 Å². The Hall–Kier alpha value is -2.58. The fourth-order valence-electron chi connectivity index (χ4n) is 2.67. The van der Waals surface area contributed by atoms with E-state index in [9.17, 15) is 5.11 Å². The molecule has 0 radical (unpaired) electrons. The summed E-state index contributed by atoms with van der Waals surface area (Å²) in [7, 11) is 0. The Kier molecular flexibility index (Phi) is 4.74. The monoisotopic (exact) mass is 304 g/mol. The van der Waals surface area contributed by atoms with Gasteiger partial charge in [-0.2, -0.15) is 0 Å². The number of aliphatic hydroxyl groups excluding tert-OH is 1. The standard InChI is InChI=1S/C21H20O2/c1-16-11-19(21-10-6-5-9-18(21)14-22)13-20(12-16)23-15-17-7-3-2-4-8-17/h2-13,22H,14-15H2,1H3. The van der Waals surface area contributed by atoms with Crippen LogP contribution in [0.25, 0.3) is 11.1 Å². The molecule has 0 amide bonds. The largest absolute Gasteiger partial charge is 0.489 e. The van der Waals surface area contributed by atoms with E-state index in [1.807, 2.05) is 54.6 Å². The Morgan fingerprint density at radius 1 is 0.870 bits per heavy atom. The molecule has 3 rings (SSSR count). The highest BCUT2D eigenvalue weighted by atomic mass is 16.5. The van der Waals surface area contributed by atoms with Crippen molar-refractivity contribution in [2.75, 3.05) is 0 Å². The minimum atomic E-state index is 0.0321. The number of benzene rings is 3. The van der Waals surface area contributed by atoms with Crippen LogP contribution in [0.2, 0.25) is 0 Å². The average molecular weight is 304 g/mol. The molecule has 3 aromatic rings. The lowest BCUT2D eigenvalue weighted by molar-refractivity contribution is 0.282. The number of ether oxygens (including phenoxy) is 1. The zero-order valence-electron chi connectivity index (χ0n) is 13.2. The summed E-state index contributed by atoms with van der Waals surface area (Å²) >= 11 is 0. The summed E-state index contributed by atoms with van der Waals surface area (Å²) < 4.78 is 5.95. The summed E-state index contributed by atoms with van der Waals surface area (Å²) in [5, 5.41) is 9.54. The van der Waals surface area contributed by atoms with Crippen LogP contribution in [-0.2, 0) is 13.2 Å². The fraction of sp³-hybridized carbons (Fsp3) is 0.143. The van der Waals surface area contributed by atoms with Crippen molar-refractivity contribution in [3.05, 3.63) is 89.5 Å². The van der Waals surface area contributed by atoms with Crippen LogP contribution in [-0.4, -0.2) is 5.11 Å². The van der Waals surface area contributed by atoms with Crippen LogP contribution in [0.3, 0.4) is 0 Å². The molecule has 0 aromatic heterocycles. The van der Waals surface area contributed by atoms with Gasteiger partial charge in [0.2, 0.25) is 0 Å². The van der Waals surface area contributed by atoms with Crippen LogP contribution in [0.5, 0.6) is 5.75 Å². The lowest BCUT2D eigenvalue weighted by atomic mass is 9.98. The summed E-state index contributed by atoms with van der Waals surface area (Å²) in [4.78, 5) is 0. The molecule has 0 aliphatic rings. The molecule has 1 N–H and O–H groups in total. The van der Waals surface area contributed by atoms with Crippen molar-refractivity contribution in [1.29, 1.82) is 0 Å². The van der Waals surface area contributed by atoms with Crippen LogP contribution in [0.15, 0.2) is 72.8 Å². The number of rotatable bonds is 5. The van der Waals surface area contributed by atoms with Gasteiger partial charge in [-0.3, -0.25) is 0 Å². The van der Waals surface area contributed by atoms with Crippen molar-refractivity contribution < 1.29 is 9.84 Å². The summed E-state index contributed by atoms with van der Waals surface area (Å²) in [6, 6.07) is 24.2. The second kappa shape index (κ2) is 7.12. The third-order valence-electron chi connectivity index (χ3n) is 3.80. The van der Waals surface area contributed by atoms with Gasteiger partial charge in [0, 0.05) is 0 Å². The molecule has 23 heavy (non-hydrogen) atoms. The molecule has 0 saturated carbocycles. The van der Waals surface area contributed by atoms with E-state index in [1.54, 1.807) is 0 Å². The van der Waals surface area contributed by atoms with E-state index in [-0.39, 0.29) is 6.61 Å². The molecule has 116 valence electrons. The minimum absolute atomic E-state index is 0.0321. The molecule has 0 aliphatic heterocycles. The molecule has 0 bridgehead atoms. The van der Waals surface area contributed by atoms with Gasteiger partial charge in [0.25, 0.3) is 0 Å². The van der Waals surface area contributed by atoms with Crippen molar-refractivity contribution in [2.24, 2.45) is 0 Å². The predicted octanol–water partition coefficient (Wildman–Crippen LogP) is 4.73. The first kappa shape index (κ1) is 15.3. The van der Waals surface area contributed by atoms with Gasteiger partial charge in [0.15, 0.2) is 0 Å². The van der Waals surface area contributed by atoms with E-state index in [0.717, 1.165) is 33.6 Å². The number of hydrogen-bond donors (Lipinski definition) is 1. The Balaban J connectivity index is 1.87. The number of aryl methyl sites for hydroxylation is 1. The van der Waals surface area contributed by atoms with Crippen molar-refractivity contribution in [3.8, 4) is 16.9 Å². The molecule has 0 fully saturated rings. The number of aliphatic hydroxyl groups is 1. The highest BCUT2D eigenvalue weighted by molar-refractivity contribution is 5.69. The first-order chi connectivity index (χ1) is 11.3. The van der Waals surface area contributed by atoms with Crippen molar-refractivity contribution in [2.45, 2.75) is 20.1 Å². The molecule has 0 aliphatic carbocycles. The second-order valence-electron chi connectivity index (χ2n) is 5.62. The quantitative estimate of drug-likeness (QED) is 0.738. The topological polar surface area (TPSA) is 29.5 Å². The van der Waals surface area contributed by atoms with E-state index in [4.69, 9.17) is 4.74 Å². The van der Waals surface area contributed by atoms with Gasteiger partial charge in [-0.05, 0) is 46.9 Å². The van der Waals surface area contributed by atoms with E-state index >= 15 is 0 Å². The van der Waals surface area contributed by atoms with Crippen LogP contribution in [0, 0.1) is 6.92 Å². The zero-order chi connectivity index (χ0) is 16.1. The summed E-state index contributed by atoms with van der Waals surface area (Å²) in [5.74, 6) is 0.844. The molecule has 0 unspecified atom stereocenters. The first-order valence-corrected chi connectivity index (χ1v) is 7.74. The van der Waals surface area contributed by atoms with E-state index < -0.39 is 0 Å². The predicted molar refractivity (Wildman–Crippen MR) is 93.3 cm³/mol. The molecule has 0 atom stereocenters. The molecule has 3 aromatic carbocycles. The highest BCUT2D eigenvalue weighted by Crippen LogP contribution is 2.29. The van der Waals surface area contributed by atoms with Crippen LogP contribution >= 0.6 is 0 Å². The van der Waals surface area contributed by atoms with Crippen molar-refractivity contribution in [3.63, 3.8) is 0 Å². The van der Waals surface area contributed by atoms with Gasteiger partial charge >= 0.3 is 0 Å². The third kappa shape index (κ3) is 3.79. The van der Waals surface area contributed by atoms with Gasteiger partial charge in [0.1, 0.15) is 12.4 Å². The molecule has 0 saturated heterocycles. The normalized spacial score (nSPS) is 10.5. The Labute approximate surface area is 137 Å². The van der Waals surface area contributed by atoms with E-state index in [0.29, 0.717) is 6.61 Å². The fourth-order valence-corrected chi connectivity index (χ4v) is 2.67. The molecule has 0 heterocycles. The SMILES string of the molecule is Cc1cc(OCc2ccccc2)cc(-c2ccccc2CO)c1. The lowest BCUT2D eigenvalue weighted by Gasteiger charge is -2.12. The maximum atomic E-state index is 9.54. The third-order valence-corrected chi connectivity index (χ3v) is 3.80. The van der Waals surface area contributed by atoms with Gasteiger partial charge in [-0.1, -0.05) is 60.7 Å². The van der Waals surface area contributed by atoms with Crippen LogP contribution in [0.4, 0.5) is 0 Å². The smallest absolute Gasteiger partial charge is 0.120 e. The highest BCUT2D eigenvalue weighted by Gasteiger charge is 2.07. The van der Waals surface area contributed by atoms with E-state index in [1.165, 1.54) is 0 Å². The first-order valence-electron chi connectivity index (χ1n) is 7.74. The minimum Gasteiger partial charge on any atom is -0.489 e. The van der Waals surface area contributed by atoms with Gasteiger partial charge in [0.05, 0.1) is 6.61 Å². The van der Waals surface area contributed by atoms with E-state index in [2.05, 4.69) is 25.1 Å². The molecule has 2 nitrogen and oxygen atoms in total. The maximum absolute atomic E-state index is 9.54. The summed E-state index contributed by atoms with van der Waals surface area (Å²) in [6.07, 6.45) is 0.